The molecule has 0 aromatic carbocycles. The molecule has 1 aliphatic rings. The van der Waals surface area contributed by atoms with E-state index in [0.717, 1.165) is 6.07 Å². The summed E-state index contributed by atoms with van der Waals surface area (Å²) in [5.41, 5.74) is 0.280. The van der Waals surface area contributed by atoms with Crippen molar-refractivity contribution in [2.75, 3.05) is 13.1 Å². The molecule has 0 saturated carbocycles. The van der Waals surface area contributed by atoms with Gasteiger partial charge in [-0.15, -0.1) is 0 Å². The van der Waals surface area contributed by atoms with Gasteiger partial charge in [0, 0.05) is 19.3 Å². The molecule has 1 aromatic heterocycles. The molecule has 1 saturated heterocycles. The average Bonchev–Trinajstić information content (AvgIpc) is 2.39. The Labute approximate surface area is 103 Å². The molecule has 18 heavy (non-hydrogen) atoms. The van der Waals surface area contributed by atoms with Gasteiger partial charge in [0.25, 0.3) is 5.91 Å². The number of hydrogen-bond donors (Lipinski definition) is 1. The topological polar surface area (TPSA) is 70.5 Å². The van der Waals surface area contributed by atoms with Crippen LogP contribution < -0.4 is 0 Å². The Morgan fingerprint density at radius 2 is 2.22 bits per heavy atom. The highest BCUT2D eigenvalue weighted by molar-refractivity contribution is 5.94. The number of rotatable bonds is 2. The van der Waals surface area contributed by atoms with Crippen molar-refractivity contribution < 1.29 is 19.1 Å². The first kappa shape index (κ1) is 12.5. The van der Waals surface area contributed by atoms with E-state index < -0.39 is 17.8 Å². The van der Waals surface area contributed by atoms with Crippen LogP contribution in [0.3, 0.4) is 0 Å². The van der Waals surface area contributed by atoms with Crippen LogP contribution in [0.15, 0.2) is 18.3 Å². The molecule has 0 radical (unpaired) electrons. The fourth-order valence-electron chi connectivity index (χ4n) is 2.05. The summed E-state index contributed by atoms with van der Waals surface area (Å²) in [6.07, 6.45) is 2.42. The fourth-order valence-corrected chi connectivity index (χ4v) is 2.05. The highest BCUT2D eigenvalue weighted by Crippen LogP contribution is 2.18. The van der Waals surface area contributed by atoms with Gasteiger partial charge in [-0.05, 0) is 25.0 Å². The van der Waals surface area contributed by atoms with E-state index in [1.165, 1.54) is 17.2 Å². The molecule has 1 amide bonds. The van der Waals surface area contributed by atoms with Gasteiger partial charge >= 0.3 is 5.97 Å². The minimum absolute atomic E-state index is 0.200. The lowest BCUT2D eigenvalue weighted by atomic mass is 9.98. The Kier molecular flexibility index (Phi) is 3.55. The molecule has 1 aromatic rings. The molecule has 1 atom stereocenters. The number of piperidine rings is 1. The zero-order valence-corrected chi connectivity index (χ0v) is 9.67. The molecular formula is C12H13FN2O3. The van der Waals surface area contributed by atoms with Gasteiger partial charge in [0.1, 0.15) is 0 Å². The predicted octanol–water partition coefficient (Wildman–Crippen LogP) is 1.16. The largest absolute Gasteiger partial charge is 0.481 e. The highest BCUT2D eigenvalue weighted by atomic mass is 19.1. The van der Waals surface area contributed by atoms with E-state index in [4.69, 9.17) is 5.11 Å². The Morgan fingerprint density at radius 3 is 2.83 bits per heavy atom. The SMILES string of the molecule is O=C(O)[C@H]1CCCN(C(=O)c2ccc(F)nc2)C1. The van der Waals surface area contributed by atoms with Crippen LogP contribution >= 0.6 is 0 Å². The summed E-state index contributed by atoms with van der Waals surface area (Å²) >= 11 is 0. The number of hydrogen-bond acceptors (Lipinski definition) is 3. The van der Waals surface area contributed by atoms with Crippen molar-refractivity contribution >= 4 is 11.9 Å². The van der Waals surface area contributed by atoms with Gasteiger partial charge in [0.05, 0.1) is 11.5 Å². The number of pyridine rings is 1. The van der Waals surface area contributed by atoms with Crippen LogP contribution in [-0.2, 0) is 4.79 Å². The van der Waals surface area contributed by atoms with Gasteiger partial charge in [-0.3, -0.25) is 9.59 Å². The third-order valence-electron chi connectivity index (χ3n) is 3.03. The number of carboxylic acids is 1. The number of aromatic nitrogens is 1. The molecule has 0 aliphatic carbocycles. The third kappa shape index (κ3) is 2.64. The Bertz CT molecular complexity index is 461. The Balaban J connectivity index is 2.09. The van der Waals surface area contributed by atoms with Crippen molar-refractivity contribution in [1.82, 2.24) is 9.88 Å². The molecule has 1 aliphatic heterocycles. The lowest BCUT2D eigenvalue weighted by Gasteiger charge is -2.30. The number of likely N-dealkylation sites (tertiary alicyclic amines) is 1. The molecule has 96 valence electrons. The van der Waals surface area contributed by atoms with Crippen LogP contribution in [0.1, 0.15) is 23.2 Å². The Hall–Kier alpha value is -1.98. The third-order valence-corrected chi connectivity index (χ3v) is 3.03. The molecule has 2 rings (SSSR count). The minimum Gasteiger partial charge on any atom is -0.481 e. The monoisotopic (exact) mass is 252 g/mol. The van der Waals surface area contributed by atoms with Crippen molar-refractivity contribution in [2.45, 2.75) is 12.8 Å². The second kappa shape index (κ2) is 5.12. The first-order chi connectivity index (χ1) is 8.58. The number of halogens is 1. The maximum absolute atomic E-state index is 12.6. The maximum Gasteiger partial charge on any atom is 0.308 e. The van der Waals surface area contributed by atoms with Crippen molar-refractivity contribution in [3.05, 3.63) is 29.8 Å². The number of amides is 1. The van der Waals surface area contributed by atoms with E-state index >= 15 is 0 Å². The Morgan fingerprint density at radius 1 is 1.44 bits per heavy atom. The summed E-state index contributed by atoms with van der Waals surface area (Å²) in [6.45, 7) is 0.728. The average molecular weight is 252 g/mol. The fraction of sp³-hybridized carbons (Fsp3) is 0.417. The molecule has 1 N–H and O–H groups in total. The molecule has 0 unspecified atom stereocenters. The quantitative estimate of drug-likeness (QED) is 0.802. The van der Waals surface area contributed by atoms with Gasteiger partial charge in [-0.2, -0.15) is 4.39 Å². The second-order valence-electron chi connectivity index (χ2n) is 4.30. The number of carbonyl (C=O) groups excluding carboxylic acids is 1. The molecule has 0 spiro atoms. The number of carboxylic acid groups (broad SMARTS) is 1. The van der Waals surface area contributed by atoms with Crippen LogP contribution in [0.25, 0.3) is 0 Å². The number of aliphatic carboxylic acids is 1. The summed E-state index contributed by atoms with van der Waals surface area (Å²) < 4.78 is 12.6. The summed E-state index contributed by atoms with van der Waals surface area (Å²) in [5, 5.41) is 8.94. The lowest BCUT2D eigenvalue weighted by molar-refractivity contribution is -0.143. The minimum atomic E-state index is -0.885. The van der Waals surface area contributed by atoms with Crippen molar-refractivity contribution in [3.63, 3.8) is 0 Å². The van der Waals surface area contributed by atoms with Gasteiger partial charge in [-0.25, -0.2) is 4.98 Å². The summed E-state index contributed by atoms with van der Waals surface area (Å²) in [4.78, 5) is 27.9. The second-order valence-corrected chi connectivity index (χ2v) is 4.30. The van der Waals surface area contributed by atoms with E-state index in [-0.39, 0.29) is 18.0 Å². The molecule has 6 heteroatoms. The van der Waals surface area contributed by atoms with E-state index in [0.29, 0.717) is 19.4 Å². The molecule has 0 bridgehead atoms. The maximum atomic E-state index is 12.6. The summed E-state index contributed by atoms with van der Waals surface area (Å²) in [7, 11) is 0. The normalized spacial score (nSPS) is 19.6. The summed E-state index contributed by atoms with van der Waals surface area (Å²) in [6, 6.07) is 2.47. The summed E-state index contributed by atoms with van der Waals surface area (Å²) in [5.74, 6) is -2.34. The first-order valence-corrected chi connectivity index (χ1v) is 5.71. The molecule has 5 nitrogen and oxygen atoms in total. The van der Waals surface area contributed by atoms with Crippen LogP contribution in [0.5, 0.6) is 0 Å². The van der Waals surface area contributed by atoms with Crippen molar-refractivity contribution in [1.29, 1.82) is 0 Å². The highest BCUT2D eigenvalue weighted by Gasteiger charge is 2.28. The molecular weight excluding hydrogens is 239 g/mol. The molecule has 1 fully saturated rings. The van der Waals surface area contributed by atoms with Crippen molar-refractivity contribution in [3.8, 4) is 0 Å². The van der Waals surface area contributed by atoms with Crippen LogP contribution in [0.2, 0.25) is 0 Å². The van der Waals surface area contributed by atoms with Gasteiger partial charge < -0.3 is 10.0 Å². The van der Waals surface area contributed by atoms with E-state index in [1.54, 1.807) is 0 Å². The smallest absolute Gasteiger partial charge is 0.308 e. The zero-order chi connectivity index (χ0) is 13.1. The van der Waals surface area contributed by atoms with Gasteiger partial charge in [0.2, 0.25) is 5.95 Å². The van der Waals surface area contributed by atoms with Gasteiger partial charge in [0.15, 0.2) is 0 Å². The standard InChI is InChI=1S/C12H13FN2O3/c13-10-4-3-8(6-14-10)11(16)15-5-1-2-9(7-15)12(17)18/h3-4,6,9H,1-2,5,7H2,(H,17,18)/t9-/m0/s1. The van der Waals surface area contributed by atoms with Gasteiger partial charge in [-0.1, -0.05) is 0 Å². The van der Waals surface area contributed by atoms with E-state index in [1.807, 2.05) is 0 Å². The van der Waals surface area contributed by atoms with Crippen LogP contribution in [0, 0.1) is 11.9 Å². The van der Waals surface area contributed by atoms with E-state index in [9.17, 15) is 14.0 Å². The van der Waals surface area contributed by atoms with Crippen LogP contribution in [-0.4, -0.2) is 40.0 Å². The number of nitrogens with zero attached hydrogens (tertiary/aromatic N) is 2. The lowest BCUT2D eigenvalue weighted by Crippen LogP contribution is -2.42. The first-order valence-electron chi connectivity index (χ1n) is 5.71. The van der Waals surface area contributed by atoms with E-state index in [2.05, 4.69) is 4.98 Å². The predicted molar refractivity (Wildman–Crippen MR) is 60.5 cm³/mol. The molecule has 2 heterocycles. The number of carbonyl (C=O) groups is 2. The van der Waals surface area contributed by atoms with Crippen LogP contribution in [0.4, 0.5) is 4.39 Å². The van der Waals surface area contributed by atoms with Crippen molar-refractivity contribution in [2.24, 2.45) is 5.92 Å². The zero-order valence-electron chi connectivity index (χ0n) is 9.67.